The lowest BCUT2D eigenvalue weighted by atomic mass is 10.1. The van der Waals surface area contributed by atoms with E-state index in [0.29, 0.717) is 6.54 Å². The van der Waals surface area contributed by atoms with E-state index in [2.05, 4.69) is 34.3 Å². The van der Waals surface area contributed by atoms with Gasteiger partial charge in [-0.1, -0.05) is 32.0 Å². The second kappa shape index (κ2) is 7.73. The van der Waals surface area contributed by atoms with Crippen LogP contribution in [0, 0.1) is 0 Å². The Labute approximate surface area is 125 Å². The van der Waals surface area contributed by atoms with Crippen LogP contribution < -0.4 is 4.90 Å². The highest BCUT2D eigenvalue weighted by Crippen LogP contribution is 2.20. The van der Waals surface area contributed by atoms with Crippen LogP contribution in [-0.2, 0) is 13.1 Å². The number of nitrogens with zero attached hydrogens (tertiary/aromatic N) is 5. The summed E-state index contributed by atoms with van der Waals surface area (Å²) in [7, 11) is 0. The first kappa shape index (κ1) is 15.4. The summed E-state index contributed by atoms with van der Waals surface area (Å²) in [5, 5.41) is 21.6. The van der Waals surface area contributed by atoms with Gasteiger partial charge in [-0.05, 0) is 35.4 Å². The molecule has 0 aliphatic carbocycles. The van der Waals surface area contributed by atoms with E-state index in [9.17, 15) is 5.11 Å². The third-order valence-electron chi connectivity index (χ3n) is 3.56. The molecule has 0 radical (unpaired) electrons. The summed E-state index contributed by atoms with van der Waals surface area (Å²) >= 11 is 0. The molecule has 2 rings (SSSR count). The normalized spacial score (nSPS) is 12.3. The van der Waals surface area contributed by atoms with Crippen LogP contribution >= 0.6 is 0 Å². The van der Waals surface area contributed by atoms with Gasteiger partial charge in [-0.25, -0.2) is 4.68 Å². The zero-order valence-electron chi connectivity index (χ0n) is 12.7. The molecule has 1 N–H and O–H groups in total. The van der Waals surface area contributed by atoms with Gasteiger partial charge in [-0.15, -0.1) is 5.10 Å². The molecule has 2 aromatic rings. The van der Waals surface area contributed by atoms with Gasteiger partial charge in [0.1, 0.15) is 0 Å². The van der Waals surface area contributed by atoms with Gasteiger partial charge in [0.05, 0.1) is 19.2 Å². The smallest absolute Gasteiger partial charge is 0.170 e. The molecule has 1 atom stereocenters. The Morgan fingerprint density at radius 2 is 2.00 bits per heavy atom. The third kappa shape index (κ3) is 3.78. The SMILES string of the molecule is CCCn1nnnc1CN(c1ccccc1)C(CC)CO. The van der Waals surface area contributed by atoms with Gasteiger partial charge in [0.15, 0.2) is 5.82 Å². The second-order valence-corrected chi connectivity index (χ2v) is 5.03. The summed E-state index contributed by atoms with van der Waals surface area (Å²) in [5.74, 6) is 0.826. The number of aliphatic hydroxyl groups excluding tert-OH is 1. The molecule has 6 heteroatoms. The molecule has 0 bridgehead atoms. The molecule has 21 heavy (non-hydrogen) atoms. The third-order valence-corrected chi connectivity index (χ3v) is 3.56. The van der Waals surface area contributed by atoms with Crippen molar-refractivity contribution in [3.05, 3.63) is 36.2 Å². The fourth-order valence-electron chi connectivity index (χ4n) is 2.37. The lowest BCUT2D eigenvalue weighted by molar-refractivity contribution is 0.254. The number of hydrogen-bond donors (Lipinski definition) is 1. The Bertz CT molecular complexity index is 524. The van der Waals surface area contributed by atoms with Crippen LogP contribution in [0.15, 0.2) is 30.3 Å². The first-order valence-corrected chi connectivity index (χ1v) is 7.47. The van der Waals surface area contributed by atoms with Crippen molar-refractivity contribution in [2.45, 2.75) is 45.8 Å². The zero-order chi connectivity index (χ0) is 15.1. The molecule has 0 fully saturated rings. The minimum atomic E-state index is 0.0548. The predicted molar refractivity (Wildman–Crippen MR) is 81.9 cm³/mol. The van der Waals surface area contributed by atoms with Crippen molar-refractivity contribution in [3.8, 4) is 0 Å². The average molecular weight is 289 g/mol. The molecule has 0 amide bonds. The van der Waals surface area contributed by atoms with E-state index in [1.54, 1.807) is 0 Å². The van der Waals surface area contributed by atoms with Crippen LogP contribution in [0.5, 0.6) is 0 Å². The molecule has 0 aliphatic heterocycles. The van der Waals surface area contributed by atoms with Crippen molar-refractivity contribution in [3.63, 3.8) is 0 Å². The first-order valence-electron chi connectivity index (χ1n) is 7.47. The molecule has 1 heterocycles. The average Bonchev–Trinajstić information content (AvgIpc) is 2.96. The minimum Gasteiger partial charge on any atom is -0.394 e. The molecule has 1 unspecified atom stereocenters. The Kier molecular flexibility index (Phi) is 5.68. The maximum atomic E-state index is 9.66. The molecule has 0 aliphatic rings. The number of aliphatic hydroxyl groups is 1. The van der Waals surface area contributed by atoms with Gasteiger partial charge >= 0.3 is 0 Å². The standard InChI is InChI=1S/C15H23N5O/c1-3-10-20-15(16-17-18-20)11-19(13(4-2)12-21)14-8-6-5-7-9-14/h5-9,13,21H,3-4,10-12H2,1-2H3. The van der Waals surface area contributed by atoms with Crippen molar-refractivity contribution in [2.75, 3.05) is 11.5 Å². The number of para-hydroxylation sites is 1. The molecule has 1 aromatic carbocycles. The summed E-state index contributed by atoms with van der Waals surface area (Å²) in [6.45, 7) is 5.69. The highest BCUT2D eigenvalue weighted by Gasteiger charge is 2.19. The number of aryl methyl sites for hydroxylation is 1. The molecule has 6 nitrogen and oxygen atoms in total. The summed E-state index contributed by atoms with van der Waals surface area (Å²) in [4.78, 5) is 2.16. The summed E-state index contributed by atoms with van der Waals surface area (Å²) in [6.07, 6.45) is 1.85. The van der Waals surface area contributed by atoms with Crippen molar-refractivity contribution < 1.29 is 5.11 Å². The van der Waals surface area contributed by atoms with E-state index >= 15 is 0 Å². The summed E-state index contributed by atoms with van der Waals surface area (Å²) < 4.78 is 1.83. The number of benzene rings is 1. The highest BCUT2D eigenvalue weighted by molar-refractivity contribution is 5.47. The number of aromatic nitrogens is 4. The van der Waals surface area contributed by atoms with E-state index in [4.69, 9.17) is 0 Å². The molecule has 114 valence electrons. The van der Waals surface area contributed by atoms with E-state index in [-0.39, 0.29) is 12.6 Å². The molecule has 1 aromatic heterocycles. The minimum absolute atomic E-state index is 0.0548. The Morgan fingerprint density at radius 3 is 2.62 bits per heavy atom. The van der Waals surface area contributed by atoms with Crippen molar-refractivity contribution in [1.82, 2.24) is 20.2 Å². The van der Waals surface area contributed by atoms with Crippen LogP contribution in [0.3, 0.4) is 0 Å². The quantitative estimate of drug-likeness (QED) is 0.803. The van der Waals surface area contributed by atoms with Crippen molar-refractivity contribution in [2.24, 2.45) is 0 Å². The molecule has 0 saturated heterocycles. The second-order valence-electron chi connectivity index (χ2n) is 5.03. The topological polar surface area (TPSA) is 67.1 Å². The number of anilines is 1. The van der Waals surface area contributed by atoms with Crippen molar-refractivity contribution >= 4 is 5.69 Å². The van der Waals surface area contributed by atoms with Gasteiger partial charge in [-0.2, -0.15) is 0 Å². The fourth-order valence-corrected chi connectivity index (χ4v) is 2.37. The Morgan fingerprint density at radius 1 is 1.24 bits per heavy atom. The van der Waals surface area contributed by atoms with Crippen LogP contribution in [0.2, 0.25) is 0 Å². The Hall–Kier alpha value is -1.95. The van der Waals surface area contributed by atoms with E-state index < -0.39 is 0 Å². The van der Waals surface area contributed by atoms with Crippen LogP contribution in [0.4, 0.5) is 5.69 Å². The first-order chi connectivity index (χ1) is 10.3. The molecular formula is C15H23N5O. The number of hydrogen-bond acceptors (Lipinski definition) is 5. The maximum absolute atomic E-state index is 9.66. The molecular weight excluding hydrogens is 266 g/mol. The van der Waals surface area contributed by atoms with E-state index in [1.807, 2.05) is 35.0 Å². The molecule has 0 spiro atoms. The van der Waals surface area contributed by atoms with Gasteiger partial charge in [0, 0.05) is 12.2 Å². The molecule has 0 saturated carbocycles. The van der Waals surface area contributed by atoms with Crippen LogP contribution in [-0.4, -0.2) is 38.0 Å². The number of rotatable bonds is 8. The lowest BCUT2D eigenvalue weighted by Crippen LogP contribution is -2.38. The van der Waals surface area contributed by atoms with Crippen molar-refractivity contribution in [1.29, 1.82) is 0 Å². The lowest BCUT2D eigenvalue weighted by Gasteiger charge is -2.31. The summed E-state index contributed by atoms with van der Waals surface area (Å²) in [6, 6.07) is 10.1. The van der Waals surface area contributed by atoms with Gasteiger partial charge in [0.25, 0.3) is 0 Å². The van der Waals surface area contributed by atoms with Gasteiger partial charge in [0.2, 0.25) is 0 Å². The largest absolute Gasteiger partial charge is 0.394 e. The number of tetrazole rings is 1. The van der Waals surface area contributed by atoms with E-state index in [0.717, 1.165) is 30.9 Å². The maximum Gasteiger partial charge on any atom is 0.170 e. The van der Waals surface area contributed by atoms with E-state index in [1.165, 1.54) is 0 Å². The monoisotopic (exact) mass is 289 g/mol. The predicted octanol–water partition coefficient (Wildman–Crippen LogP) is 1.86. The Balaban J connectivity index is 2.25. The fraction of sp³-hybridized carbons (Fsp3) is 0.533. The van der Waals surface area contributed by atoms with Gasteiger partial charge < -0.3 is 10.0 Å². The van der Waals surface area contributed by atoms with Crippen LogP contribution in [0.1, 0.15) is 32.5 Å². The van der Waals surface area contributed by atoms with Crippen LogP contribution in [0.25, 0.3) is 0 Å². The zero-order valence-corrected chi connectivity index (χ0v) is 12.7. The van der Waals surface area contributed by atoms with Gasteiger partial charge in [-0.3, -0.25) is 0 Å². The highest BCUT2D eigenvalue weighted by atomic mass is 16.3. The summed E-state index contributed by atoms with van der Waals surface area (Å²) in [5.41, 5.74) is 1.07.